The Morgan fingerprint density at radius 3 is 2.76 bits per heavy atom. The molecule has 6 heteroatoms. The van der Waals surface area contributed by atoms with Gasteiger partial charge in [0.25, 0.3) is 0 Å². The SMILES string of the molecule is CCOC(=O)c1cn2c(cc1=O)/C(C(C)CC)=C1\C=CC=C(OC)C1NC1CCC(C)(C)C12. The lowest BCUT2D eigenvalue weighted by atomic mass is 9.80. The van der Waals surface area contributed by atoms with Gasteiger partial charge in [-0.3, -0.25) is 10.1 Å². The molecule has 2 heterocycles. The first kappa shape index (κ1) is 23.6. The molecule has 0 radical (unpaired) electrons. The summed E-state index contributed by atoms with van der Waals surface area (Å²) in [7, 11) is 1.71. The van der Waals surface area contributed by atoms with Crippen molar-refractivity contribution in [2.75, 3.05) is 13.7 Å². The van der Waals surface area contributed by atoms with Gasteiger partial charge in [-0.2, -0.15) is 0 Å². The van der Waals surface area contributed by atoms with Gasteiger partial charge in [-0.05, 0) is 54.7 Å². The number of pyridine rings is 1. The van der Waals surface area contributed by atoms with Crippen molar-refractivity contribution in [3.63, 3.8) is 0 Å². The van der Waals surface area contributed by atoms with E-state index in [9.17, 15) is 9.59 Å². The smallest absolute Gasteiger partial charge is 0.343 e. The van der Waals surface area contributed by atoms with Crippen molar-refractivity contribution in [3.05, 3.63) is 63.3 Å². The van der Waals surface area contributed by atoms with Gasteiger partial charge in [-0.25, -0.2) is 4.79 Å². The van der Waals surface area contributed by atoms with Crippen LogP contribution in [0.5, 0.6) is 0 Å². The summed E-state index contributed by atoms with van der Waals surface area (Å²) in [5.41, 5.74) is 2.94. The fourth-order valence-electron chi connectivity index (χ4n) is 5.78. The monoisotopic (exact) mass is 452 g/mol. The van der Waals surface area contributed by atoms with E-state index in [2.05, 4.69) is 43.7 Å². The molecule has 0 spiro atoms. The normalized spacial score (nSPS) is 28.5. The highest BCUT2D eigenvalue weighted by Gasteiger charge is 2.47. The molecule has 3 aliphatic rings. The number of aromatic nitrogens is 1. The first-order valence-electron chi connectivity index (χ1n) is 12.1. The van der Waals surface area contributed by atoms with E-state index < -0.39 is 5.97 Å². The van der Waals surface area contributed by atoms with Crippen LogP contribution in [0.25, 0.3) is 5.57 Å². The summed E-state index contributed by atoms with van der Waals surface area (Å²) in [5, 5.41) is 3.90. The lowest BCUT2D eigenvalue weighted by Gasteiger charge is -2.41. The van der Waals surface area contributed by atoms with Crippen molar-refractivity contribution in [1.82, 2.24) is 9.88 Å². The maximum absolute atomic E-state index is 13.2. The number of methoxy groups -OCH3 is 1. The van der Waals surface area contributed by atoms with Crippen LogP contribution in [0.1, 0.15) is 76.0 Å². The summed E-state index contributed by atoms with van der Waals surface area (Å²) in [6, 6.07) is 1.83. The van der Waals surface area contributed by atoms with Gasteiger partial charge in [0.1, 0.15) is 11.3 Å². The van der Waals surface area contributed by atoms with Crippen LogP contribution >= 0.6 is 0 Å². The zero-order valence-electron chi connectivity index (χ0n) is 20.6. The fraction of sp³-hybridized carbons (Fsp3) is 0.556. The Bertz CT molecular complexity index is 1090. The molecule has 0 saturated heterocycles. The van der Waals surface area contributed by atoms with Crippen LogP contribution in [0.15, 0.2) is 46.6 Å². The van der Waals surface area contributed by atoms with E-state index in [-0.39, 0.29) is 47.1 Å². The van der Waals surface area contributed by atoms with Gasteiger partial charge in [0, 0.05) is 24.0 Å². The Morgan fingerprint density at radius 1 is 1.33 bits per heavy atom. The Hall–Kier alpha value is -2.60. The molecule has 4 unspecified atom stereocenters. The topological polar surface area (TPSA) is 69.6 Å². The number of carbonyl (C=O) groups is 1. The quantitative estimate of drug-likeness (QED) is 0.660. The molecule has 2 aliphatic carbocycles. The Labute approximate surface area is 196 Å². The number of esters is 1. The Balaban J connectivity index is 2.06. The van der Waals surface area contributed by atoms with E-state index in [1.54, 1.807) is 26.3 Å². The third-order valence-corrected chi connectivity index (χ3v) is 7.60. The van der Waals surface area contributed by atoms with Crippen LogP contribution in [0, 0.1) is 11.3 Å². The lowest BCUT2D eigenvalue weighted by molar-refractivity contribution is 0.0523. The number of ether oxygens (including phenoxy) is 2. The molecule has 1 saturated carbocycles. The Morgan fingerprint density at radius 2 is 2.09 bits per heavy atom. The molecule has 4 atom stereocenters. The molecule has 33 heavy (non-hydrogen) atoms. The molecular weight excluding hydrogens is 416 g/mol. The van der Waals surface area contributed by atoms with E-state index in [0.717, 1.165) is 41.9 Å². The molecule has 1 fully saturated rings. The third kappa shape index (κ3) is 3.99. The zero-order chi connectivity index (χ0) is 23.9. The minimum Gasteiger partial charge on any atom is -0.499 e. The minimum absolute atomic E-state index is 0.0209. The number of hydrogen-bond donors (Lipinski definition) is 1. The summed E-state index contributed by atoms with van der Waals surface area (Å²) in [6.45, 7) is 10.9. The van der Waals surface area contributed by atoms with Crippen molar-refractivity contribution in [2.24, 2.45) is 11.3 Å². The average Bonchev–Trinajstić information content (AvgIpc) is 3.07. The number of carbonyl (C=O) groups excluding carboxylic acids is 1. The van der Waals surface area contributed by atoms with E-state index in [1.165, 1.54) is 0 Å². The molecule has 6 nitrogen and oxygen atoms in total. The summed E-state index contributed by atoms with van der Waals surface area (Å²) >= 11 is 0. The molecule has 0 bridgehead atoms. The van der Waals surface area contributed by atoms with E-state index >= 15 is 0 Å². The largest absolute Gasteiger partial charge is 0.499 e. The first-order valence-corrected chi connectivity index (χ1v) is 12.1. The molecule has 1 aromatic heterocycles. The highest BCUT2D eigenvalue weighted by atomic mass is 16.5. The van der Waals surface area contributed by atoms with Crippen LogP contribution in [-0.2, 0) is 9.47 Å². The summed E-state index contributed by atoms with van der Waals surface area (Å²) in [5.74, 6) is 0.541. The maximum atomic E-state index is 13.2. The molecule has 0 amide bonds. The molecular formula is C27H36N2O4. The highest BCUT2D eigenvalue weighted by Crippen LogP contribution is 2.49. The van der Waals surface area contributed by atoms with Gasteiger partial charge < -0.3 is 14.0 Å². The van der Waals surface area contributed by atoms with Crippen LogP contribution in [-0.4, -0.2) is 36.3 Å². The van der Waals surface area contributed by atoms with Gasteiger partial charge in [-0.1, -0.05) is 39.8 Å². The third-order valence-electron chi connectivity index (χ3n) is 7.60. The second kappa shape index (κ2) is 8.98. The summed E-state index contributed by atoms with van der Waals surface area (Å²) < 4.78 is 13.2. The van der Waals surface area contributed by atoms with Crippen molar-refractivity contribution in [3.8, 4) is 0 Å². The van der Waals surface area contributed by atoms with E-state index in [1.807, 2.05) is 12.2 Å². The molecule has 0 aromatic carbocycles. The summed E-state index contributed by atoms with van der Waals surface area (Å²) in [4.78, 5) is 25.8. The van der Waals surface area contributed by atoms with Gasteiger partial charge in [0.15, 0.2) is 5.43 Å². The van der Waals surface area contributed by atoms with E-state index in [4.69, 9.17) is 9.47 Å². The number of hydrogen-bond acceptors (Lipinski definition) is 5. The average molecular weight is 453 g/mol. The standard InChI is InChI=1S/C27H36N2O4/c1-7-16(3)23-17-10-9-11-22(32-6)24(17)28-19-12-13-27(4,5)25(19)29-15-18(26(31)33-8-2)21(30)14-20(23)29/h9-11,14-16,19,24-25,28H,7-8,12-13H2,1-6H3/b23-17+. The Kier molecular flexibility index (Phi) is 6.41. The van der Waals surface area contributed by atoms with Crippen molar-refractivity contribution in [2.45, 2.75) is 72.0 Å². The second-order valence-corrected chi connectivity index (χ2v) is 10.1. The predicted molar refractivity (Wildman–Crippen MR) is 130 cm³/mol. The molecule has 1 aliphatic heterocycles. The van der Waals surface area contributed by atoms with Crippen LogP contribution in [0.2, 0.25) is 0 Å². The van der Waals surface area contributed by atoms with Crippen molar-refractivity contribution in [1.29, 1.82) is 0 Å². The highest BCUT2D eigenvalue weighted by molar-refractivity contribution is 5.89. The number of fused-ring (bicyclic) bond motifs is 4. The maximum Gasteiger partial charge on any atom is 0.343 e. The van der Waals surface area contributed by atoms with Gasteiger partial charge >= 0.3 is 5.97 Å². The van der Waals surface area contributed by atoms with Gasteiger partial charge in [0.05, 0.1) is 25.8 Å². The number of allylic oxidation sites excluding steroid dienone is 3. The van der Waals surface area contributed by atoms with E-state index in [0.29, 0.717) is 0 Å². The molecule has 178 valence electrons. The van der Waals surface area contributed by atoms with Crippen LogP contribution in [0.3, 0.4) is 0 Å². The van der Waals surface area contributed by atoms with Crippen molar-refractivity contribution < 1.29 is 14.3 Å². The molecule has 1 N–H and O–H groups in total. The zero-order valence-corrected chi connectivity index (χ0v) is 20.6. The molecule has 1 aromatic rings. The predicted octanol–water partition coefficient (Wildman–Crippen LogP) is 4.63. The number of nitrogens with one attached hydrogen (secondary N) is 1. The first-order chi connectivity index (χ1) is 15.7. The molecule has 4 rings (SSSR count). The second-order valence-electron chi connectivity index (χ2n) is 10.1. The van der Waals surface area contributed by atoms with Crippen LogP contribution in [0.4, 0.5) is 0 Å². The van der Waals surface area contributed by atoms with Crippen LogP contribution < -0.4 is 10.7 Å². The number of nitrogens with zero attached hydrogens (tertiary/aromatic N) is 1. The summed E-state index contributed by atoms with van der Waals surface area (Å²) in [6.07, 6.45) is 10.9. The fourth-order valence-corrected chi connectivity index (χ4v) is 5.78. The minimum atomic E-state index is -0.557. The number of rotatable bonds is 5. The van der Waals surface area contributed by atoms with Gasteiger partial charge in [0.2, 0.25) is 0 Å². The van der Waals surface area contributed by atoms with Crippen molar-refractivity contribution >= 4 is 11.5 Å². The lowest BCUT2D eigenvalue weighted by Crippen LogP contribution is -2.48. The van der Waals surface area contributed by atoms with Gasteiger partial charge in [-0.15, -0.1) is 0 Å².